The second-order valence-corrected chi connectivity index (χ2v) is 7.22. The molecule has 2 heterocycles. The average molecular weight is 326 g/mol. The molecule has 0 saturated carbocycles. The van der Waals surface area contributed by atoms with E-state index in [1.165, 1.54) is 31.2 Å². The minimum Gasteiger partial charge on any atom is -0.341 e. The van der Waals surface area contributed by atoms with Gasteiger partial charge in [-0.1, -0.05) is 19.1 Å². The Bertz CT molecular complexity index is 697. The maximum atomic E-state index is 4.86. The highest BCUT2D eigenvalue weighted by Gasteiger charge is 2.20. The van der Waals surface area contributed by atoms with E-state index in [-0.39, 0.29) is 0 Å². The second kappa shape index (κ2) is 7.47. The standard InChI is InChI=1S/C20H30N4/c1-5-15(3)21-17-7-6-11-24(12-10-17)20-22-16(4)18-9-8-14(2)13-19(18)23-20/h8-9,13,15,17,21H,5-7,10-12H2,1-4H3. The smallest absolute Gasteiger partial charge is 0.226 e. The molecule has 1 fully saturated rings. The van der Waals surface area contributed by atoms with Gasteiger partial charge in [-0.2, -0.15) is 0 Å². The molecule has 1 aromatic heterocycles. The lowest BCUT2D eigenvalue weighted by Crippen LogP contribution is -2.37. The molecule has 2 unspecified atom stereocenters. The third-order valence-electron chi connectivity index (χ3n) is 5.17. The van der Waals surface area contributed by atoms with E-state index in [9.17, 15) is 0 Å². The molecule has 4 heteroatoms. The Labute approximate surface area is 145 Å². The Balaban J connectivity index is 1.78. The van der Waals surface area contributed by atoms with Crippen molar-refractivity contribution in [2.45, 2.75) is 65.5 Å². The fourth-order valence-electron chi connectivity index (χ4n) is 3.51. The highest BCUT2D eigenvalue weighted by molar-refractivity contribution is 5.82. The molecule has 2 atom stereocenters. The number of hydrogen-bond donors (Lipinski definition) is 1. The van der Waals surface area contributed by atoms with Gasteiger partial charge >= 0.3 is 0 Å². The fourth-order valence-corrected chi connectivity index (χ4v) is 3.51. The van der Waals surface area contributed by atoms with Crippen molar-refractivity contribution < 1.29 is 0 Å². The van der Waals surface area contributed by atoms with E-state index >= 15 is 0 Å². The maximum Gasteiger partial charge on any atom is 0.226 e. The third kappa shape index (κ3) is 3.86. The normalized spacial score (nSPS) is 20.2. The van der Waals surface area contributed by atoms with Gasteiger partial charge in [-0.15, -0.1) is 0 Å². The zero-order valence-electron chi connectivity index (χ0n) is 15.5. The summed E-state index contributed by atoms with van der Waals surface area (Å²) in [6.07, 6.45) is 4.79. The lowest BCUT2D eigenvalue weighted by molar-refractivity contribution is 0.408. The fraction of sp³-hybridized carbons (Fsp3) is 0.600. The maximum absolute atomic E-state index is 4.86. The topological polar surface area (TPSA) is 41.0 Å². The molecule has 2 aromatic rings. The molecule has 0 spiro atoms. The van der Waals surface area contributed by atoms with Crippen LogP contribution in [0.15, 0.2) is 18.2 Å². The molecule has 1 aliphatic rings. The van der Waals surface area contributed by atoms with Gasteiger partial charge in [0.25, 0.3) is 0 Å². The van der Waals surface area contributed by atoms with Crippen molar-refractivity contribution in [2.24, 2.45) is 0 Å². The summed E-state index contributed by atoms with van der Waals surface area (Å²) in [6, 6.07) is 7.66. The zero-order valence-corrected chi connectivity index (χ0v) is 15.5. The van der Waals surface area contributed by atoms with Crippen LogP contribution in [0.3, 0.4) is 0 Å². The van der Waals surface area contributed by atoms with E-state index in [4.69, 9.17) is 9.97 Å². The van der Waals surface area contributed by atoms with Crippen LogP contribution in [0.2, 0.25) is 0 Å². The molecule has 130 valence electrons. The summed E-state index contributed by atoms with van der Waals surface area (Å²) in [7, 11) is 0. The van der Waals surface area contributed by atoms with Crippen LogP contribution in [0.25, 0.3) is 10.9 Å². The minimum absolute atomic E-state index is 0.601. The van der Waals surface area contributed by atoms with Gasteiger partial charge in [0.1, 0.15) is 0 Å². The van der Waals surface area contributed by atoms with E-state index < -0.39 is 0 Å². The van der Waals surface area contributed by atoms with Crippen LogP contribution in [0, 0.1) is 13.8 Å². The van der Waals surface area contributed by atoms with Gasteiger partial charge in [0.2, 0.25) is 5.95 Å². The largest absolute Gasteiger partial charge is 0.341 e. The van der Waals surface area contributed by atoms with Crippen LogP contribution in [-0.4, -0.2) is 35.1 Å². The summed E-state index contributed by atoms with van der Waals surface area (Å²) in [5.41, 5.74) is 3.39. The summed E-state index contributed by atoms with van der Waals surface area (Å²) in [5.74, 6) is 0.898. The molecule has 1 saturated heterocycles. The van der Waals surface area contributed by atoms with Crippen LogP contribution >= 0.6 is 0 Å². The van der Waals surface area contributed by atoms with Crippen molar-refractivity contribution in [3.8, 4) is 0 Å². The summed E-state index contributed by atoms with van der Waals surface area (Å²) >= 11 is 0. The Morgan fingerprint density at radius 1 is 1.21 bits per heavy atom. The summed E-state index contributed by atoms with van der Waals surface area (Å²) in [5, 5.41) is 4.92. The Morgan fingerprint density at radius 3 is 2.83 bits per heavy atom. The molecule has 0 amide bonds. The van der Waals surface area contributed by atoms with Gasteiger partial charge in [0.15, 0.2) is 0 Å². The van der Waals surface area contributed by atoms with Gasteiger partial charge in [0, 0.05) is 30.6 Å². The predicted molar refractivity (Wildman–Crippen MR) is 102 cm³/mol. The number of aryl methyl sites for hydroxylation is 2. The number of aromatic nitrogens is 2. The van der Waals surface area contributed by atoms with Crippen LogP contribution < -0.4 is 10.2 Å². The van der Waals surface area contributed by atoms with Gasteiger partial charge in [-0.25, -0.2) is 9.97 Å². The first-order valence-electron chi connectivity index (χ1n) is 9.33. The molecule has 0 aliphatic carbocycles. The first-order chi connectivity index (χ1) is 11.6. The molecule has 0 radical (unpaired) electrons. The lowest BCUT2D eigenvalue weighted by atomic mass is 10.1. The Morgan fingerprint density at radius 2 is 2.04 bits per heavy atom. The minimum atomic E-state index is 0.601. The predicted octanol–water partition coefficient (Wildman–Crippen LogP) is 3.99. The van der Waals surface area contributed by atoms with Gasteiger partial charge in [-0.3, -0.25) is 0 Å². The third-order valence-corrected chi connectivity index (χ3v) is 5.17. The lowest BCUT2D eigenvalue weighted by Gasteiger charge is -2.23. The first-order valence-corrected chi connectivity index (χ1v) is 9.33. The molecule has 4 nitrogen and oxygen atoms in total. The van der Waals surface area contributed by atoms with E-state index in [0.717, 1.165) is 35.6 Å². The van der Waals surface area contributed by atoms with E-state index in [1.54, 1.807) is 0 Å². The van der Waals surface area contributed by atoms with E-state index in [0.29, 0.717) is 12.1 Å². The second-order valence-electron chi connectivity index (χ2n) is 7.22. The first kappa shape index (κ1) is 17.2. The van der Waals surface area contributed by atoms with Crippen molar-refractivity contribution in [1.82, 2.24) is 15.3 Å². The van der Waals surface area contributed by atoms with E-state index in [2.05, 4.69) is 56.1 Å². The molecule has 1 aromatic carbocycles. The van der Waals surface area contributed by atoms with Crippen LogP contribution in [0.4, 0.5) is 5.95 Å². The molecule has 1 aliphatic heterocycles. The van der Waals surface area contributed by atoms with Crippen molar-refractivity contribution >= 4 is 16.9 Å². The molecule has 1 N–H and O–H groups in total. The molecule has 3 rings (SSSR count). The molecule has 0 bridgehead atoms. The summed E-state index contributed by atoms with van der Waals surface area (Å²) < 4.78 is 0. The highest BCUT2D eigenvalue weighted by Crippen LogP contribution is 2.22. The van der Waals surface area contributed by atoms with Crippen LogP contribution in [-0.2, 0) is 0 Å². The quantitative estimate of drug-likeness (QED) is 0.922. The monoisotopic (exact) mass is 326 g/mol. The number of anilines is 1. The van der Waals surface area contributed by atoms with Crippen molar-refractivity contribution in [2.75, 3.05) is 18.0 Å². The Kier molecular flexibility index (Phi) is 5.34. The van der Waals surface area contributed by atoms with Crippen LogP contribution in [0.1, 0.15) is 50.8 Å². The number of rotatable bonds is 4. The van der Waals surface area contributed by atoms with Gasteiger partial charge in [0.05, 0.1) is 11.2 Å². The van der Waals surface area contributed by atoms with Crippen molar-refractivity contribution in [1.29, 1.82) is 0 Å². The number of hydrogen-bond acceptors (Lipinski definition) is 4. The van der Waals surface area contributed by atoms with Crippen molar-refractivity contribution in [3.63, 3.8) is 0 Å². The number of nitrogens with zero attached hydrogens (tertiary/aromatic N) is 3. The Hall–Kier alpha value is -1.68. The van der Waals surface area contributed by atoms with Crippen LogP contribution in [0.5, 0.6) is 0 Å². The molecular formula is C20H30N4. The number of fused-ring (bicyclic) bond motifs is 1. The van der Waals surface area contributed by atoms with Gasteiger partial charge in [-0.05, 0) is 58.1 Å². The van der Waals surface area contributed by atoms with Gasteiger partial charge < -0.3 is 10.2 Å². The average Bonchev–Trinajstić information content (AvgIpc) is 2.79. The zero-order chi connectivity index (χ0) is 17.1. The summed E-state index contributed by atoms with van der Waals surface area (Å²) in [4.78, 5) is 12.0. The van der Waals surface area contributed by atoms with Crippen molar-refractivity contribution in [3.05, 3.63) is 29.5 Å². The highest BCUT2D eigenvalue weighted by atomic mass is 15.3. The van der Waals surface area contributed by atoms with E-state index in [1.807, 2.05) is 0 Å². The number of nitrogens with one attached hydrogen (secondary N) is 1. The summed E-state index contributed by atoms with van der Waals surface area (Å²) in [6.45, 7) is 10.8. The molecule has 24 heavy (non-hydrogen) atoms. The molecular weight excluding hydrogens is 296 g/mol. The SMILES string of the molecule is CCC(C)NC1CCCN(c2nc(C)c3ccc(C)cc3n2)CC1. The number of benzene rings is 1.